The molecular weight excluding hydrogens is 837 g/mol. The molecule has 3 saturated carbocycles. The molecule has 4 aromatic rings. The van der Waals surface area contributed by atoms with E-state index >= 15 is 4.79 Å². The van der Waals surface area contributed by atoms with Gasteiger partial charge in [-0.1, -0.05) is 42.2 Å². The number of phenols is 2. The Balaban J connectivity index is 1.18. The Morgan fingerprint density at radius 1 is 0.985 bits per heavy atom. The van der Waals surface area contributed by atoms with Gasteiger partial charge < -0.3 is 50.0 Å². The van der Waals surface area contributed by atoms with Crippen molar-refractivity contribution in [3.05, 3.63) is 88.6 Å². The highest BCUT2D eigenvalue weighted by Crippen LogP contribution is 2.66. The largest absolute Gasteiger partial charge is 0.504 e. The molecule has 3 aromatic carbocycles. The number of esters is 1. The molecule has 4 aliphatic carbocycles. The highest BCUT2D eigenvalue weighted by atomic mass is 16.5. The van der Waals surface area contributed by atoms with E-state index in [0.717, 1.165) is 76.5 Å². The van der Waals surface area contributed by atoms with Crippen LogP contribution in [0.4, 0.5) is 0 Å². The van der Waals surface area contributed by atoms with Crippen LogP contribution < -0.4 is 14.8 Å². The first-order valence-corrected chi connectivity index (χ1v) is 24.0. The van der Waals surface area contributed by atoms with E-state index in [4.69, 9.17) is 14.2 Å². The number of aromatic hydroxyl groups is 2. The van der Waals surface area contributed by atoms with Gasteiger partial charge in [0.05, 0.1) is 31.6 Å². The van der Waals surface area contributed by atoms with E-state index in [1.54, 1.807) is 19.2 Å². The van der Waals surface area contributed by atoms with Crippen LogP contribution in [0.5, 0.6) is 23.0 Å². The van der Waals surface area contributed by atoms with Crippen LogP contribution in [0.1, 0.15) is 111 Å². The summed E-state index contributed by atoms with van der Waals surface area (Å²) in [6.45, 7) is 2.15. The number of aryl methyl sites for hydroxylation is 1. The molecule has 2 bridgehead atoms. The number of rotatable bonds is 10. The fourth-order valence-corrected chi connectivity index (χ4v) is 12.9. The Kier molecular flexibility index (Phi) is 13.5. The predicted octanol–water partition coefficient (Wildman–Crippen LogP) is 7.25. The first-order chi connectivity index (χ1) is 31.9. The highest BCUT2D eigenvalue weighted by Gasteiger charge is 2.58. The van der Waals surface area contributed by atoms with E-state index < -0.39 is 24.3 Å². The molecular formula is C54H64N2O10. The number of ketones is 1. The van der Waals surface area contributed by atoms with Crippen LogP contribution in [0.3, 0.4) is 0 Å². The predicted molar refractivity (Wildman–Crippen MR) is 250 cm³/mol. The molecule has 12 heteroatoms. The number of para-hydroxylation sites is 1. The lowest BCUT2D eigenvalue weighted by molar-refractivity contribution is -0.149. The second-order valence-corrected chi connectivity index (χ2v) is 19.7. The van der Waals surface area contributed by atoms with Crippen molar-refractivity contribution >= 4 is 28.2 Å². The van der Waals surface area contributed by atoms with Crippen molar-refractivity contribution in [3.63, 3.8) is 0 Å². The van der Waals surface area contributed by atoms with Crippen LogP contribution in [0.25, 0.3) is 16.5 Å². The standard InChI is InChI=1S/C54H64N2O10/c1-31(58)30-55-34-17-18-54(29-34)28-33-22-44-41-26-48(62)49(64-2)27-42(41)43(52(33)40-15-13-35(59)25-45(40)54)24-36(60)23-37(14-11-32-12-16-47(61)50(21-32)65-20-19-57)66-51(63)10-6-4-8-39-38-7-3-5-9-46(38)56-53(39)44/h3,5,7,9,12,16,21-22,26-27,31,33-35,37,40,43,45,52,55-59,61-62H,8,10-11,13-15,17-20,23-25,28-30H2,1-2H3/t31-,33-,34+,35-,37+,40-,43-,45-,52+,54-/m0/s1. The topological polar surface area (TPSA) is 191 Å². The molecule has 3 fully saturated rings. The number of aromatic nitrogens is 1. The molecule has 1 aromatic heterocycles. The van der Waals surface area contributed by atoms with E-state index in [0.29, 0.717) is 44.4 Å². The number of allylic oxidation sites excluding steroid dienone is 1. The van der Waals surface area contributed by atoms with Crippen molar-refractivity contribution in [3.8, 4) is 34.8 Å². The van der Waals surface area contributed by atoms with Crippen LogP contribution in [-0.4, -0.2) is 93.5 Å². The third kappa shape index (κ3) is 9.33. The van der Waals surface area contributed by atoms with Gasteiger partial charge in [0.25, 0.3) is 0 Å². The van der Waals surface area contributed by atoms with E-state index in [9.17, 15) is 30.3 Å². The zero-order valence-electron chi connectivity index (χ0n) is 38.1. The Bertz CT molecular complexity index is 2530. The minimum absolute atomic E-state index is 0.00527. The number of phenolic OH excluding ortho intramolecular Hbond substituents is 2. The van der Waals surface area contributed by atoms with Gasteiger partial charge in [0.1, 0.15) is 24.9 Å². The molecule has 10 atom stereocenters. The van der Waals surface area contributed by atoms with Gasteiger partial charge in [0, 0.05) is 48.3 Å². The maximum atomic E-state index is 15.0. The number of H-pyrrole nitrogens is 1. The summed E-state index contributed by atoms with van der Waals surface area (Å²) in [6, 6.07) is 17.1. The summed E-state index contributed by atoms with van der Waals surface area (Å²) in [5.74, 6) is 6.48. The Morgan fingerprint density at radius 3 is 2.64 bits per heavy atom. The van der Waals surface area contributed by atoms with Crippen molar-refractivity contribution in [2.45, 2.75) is 121 Å². The second-order valence-electron chi connectivity index (χ2n) is 19.7. The average molecular weight is 901 g/mol. The van der Waals surface area contributed by atoms with Gasteiger partial charge in [-0.3, -0.25) is 9.59 Å². The third-order valence-electron chi connectivity index (χ3n) is 15.6. The van der Waals surface area contributed by atoms with Crippen LogP contribution in [0.15, 0.2) is 60.7 Å². The van der Waals surface area contributed by atoms with Gasteiger partial charge >= 0.3 is 5.97 Å². The number of ether oxygens (including phenoxy) is 3. The van der Waals surface area contributed by atoms with Crippen LogP contribution >= 0.6 is 0 Å². The average Bonchev–Trinajstić information content (AvgIpc) is 3.85. The van der Waals surface area contributed by atoms with E-state index in [2.05, 4.69) is 40.4 Å². The monoisotopic (exact) mass is 900 g/mol. The quantitative estimate of drug-likeness (QED) is 0.0627. The van der Waals surface area contributed by atoms with Crippen molar-refractivity contribution in [2.24, 2.45) is 29.1 Å². The molecule has 350 valence electrons. The fourth-order valence-electron chi connectivity index (χ4n) is 12.9. The molecule has 1 aliphatic heterocycles. The summed E-state index contributed by atoms with van der Waals surface area (Å²) in [5, 5.41) is 57.7. The highest BCUT2D eigenvalue weighted by molar-refractivity contribution is 5.94. The number of Topliss-reactive ketones (excluding diaryl/α,β-unsaturated/α-hetero) is 1. The van der Waals surface area contributed by atoms with Crippen molar-refractivity contribution in [1.29, 1.82) is 0 Å². The zero-order valence-corrected chi connectivity index (χ0v) is 38.1. The molecule has 66 heavy (non-hydrogen) atoms. The molecule has 5 aliphatic rings. The number of aromatic amines is 1. The van der Waals surface area contributed by atoms with Crippen LogP contribution in [0, 0.1) is 40.9 Å². The van der Waals surface area contributed by atoms with Gasteiger partial charge in [-0.15, -0.1) is 0 Å². The van der Waals surface area contributed by atoms with Crippen LogP contribution in [-0.2, 0) is 27.2 Å². The number of nitrogens with one attached hydrogen (secondary N) is 2. The summed E-state index contributed by atoms with van der Waals surface area (Å²) < 4.78 is 17.5. The number of cyclic esters (lactones) is 1. The molecule has 9 rings (SSSR count). The molecule has 0 saturated heterocycles. The Morgan fingerprint density at radius 2 is 1.82 bits per heavy atom. The first kappa shape index (κ1) is 45.8. The number of hydrogen-bond donors (Lipinski definition) is 7. The maximum absolute atomic E-state index is 15.0. The first-order valence-electron chi connectivity index (χ1n) is 24.0. The second kappa shape index (κ2) is 19.5. The van der Waals surface area contributed by atoms with Gasteiger partial charge in [0.2, 0.25) is 0 Å². The summed E-state index contributed by atoms with van der Waals surface area (Å²) in [5.41, 5.74) is 6.29. The van der Waals surface area contributed by atoms with Gasteiger partial charge in [-0.2, -0.15) is 0 Å². The summed E-state index contributed by atoms with van der Waals surface area (Å²) in [7, 11) is 1.55. The van der Waals surface area contributed by atoms with E-state index in [1.807, 2.05) is 31.2 Å². The number of fused-ring (bicyclic) bond motifs is 9. The lowest BCUT2D eigenvalue weighted by Crippen LogP contribution is -2.51. The normalized spacial score (nSPS) is 29.1. The molecule has 0 amide bonds. The molecule has 12 nitrogen and oxygen atoms in total. The number of hydrogen-bond acceptors (Lipinski definition) is 11. The molecule has 0 radical (unpaired) electrons. The number of aliphatic hydroxyl groups is 3. The van der Waals surface area contributed by atoms with Crippen molar-refractivity contribution in [2.75, 3.05) is 26.9 Å². The number of carbonyl (C=O) groups excluding carboxylic acids is 2. The summed E-state index contributed by atoms with van der Waals surface area (Å²) in [6.07, 6.45) is 7.97. The number of aliphatic hydroxyl groups excluding tert-OH is 3. The number of methoxy groups -OCH3 is 1. The zero-order chi connectivity index (χ0) is 46.1. The van der Waals surface area contributed by atoms with Gasteiger partial charge in [-0.25, -0.2) is 0 Å². The minimum Gasteiger partial charge on any atom is -0.504 e. The lowest BCUT2D eigenvalue weighted by atomic mass is 9.48. The Labute approximate surface area is 386 Å². The smallest absolute Gasteiger partial charge is 0.318 e. The number of benzene rings is 3. The van der Waals surface area contributed by atoms with Gasteiger partial charge in [0.15, 0.2) is 23.0 Å². The van der Waals surface area contributed by atoms with Gasteiger partial charge in [-0.05, 0) is 152 Å². The molecule has 2 heterocycles. The maximum Gasteiger partial charge on any atom is 0.318 e. The summed E-state index contributed by atoms with van der Waals surface area (Å²) >= 11 is 0. The summed E-state index contributed by atoms with van der Waals surface area (Å²) in [4.78, 5) is 32.3. The molecule has 0 unspecified atom stereocenters. The number of carbonyl (C=O) groups is 2. The van der Waals surface area contributed by atoms with Crippen molar-refractivity contribution in [1.82, 2.24) is 10.3 Å². The Hall–Kier alpha value is -5.32. The molecule has 7 N–H and O–H groups in total. The molecule has 1 spiro atoms. The SMILES string of the molecule is COc1cc2c(cc1O)C1=C[C@H]3C[C@]4(CC[C@@H](NC[C@H](C)O)C4)[C@H]4C[C@@H](O)CC[C@@H]4[C@@H]3[C@H]2CC(=O)C[C@@H](CCc2ccc(O)c(OCCO)c2)OC(=O)CC#CCc2c1[nH]c1ccccc21. The minimum atomic E-state index is -0.753. The third-order valence-corrected chi connectivity index (χ3v) is 15.6. The van der Waals surface area contributed by atoms with Crippen molar-refractivity contribution < 1.29 is 49.3 Å². The van der Waals surface area contributed by atoms with Crippen LogP contribution in [0.2, 0.25) is 0 Å². The van der Waals surface area contributed by atoms with E-state index in [-0.39, 0.29) is 96.6 Å². The lowest BCUT2D eigenvalue weighted by Gasteiger charge is -2.57. The fraction of sp³-hybridized carbons (Fsp3) is 0.519. The van der Waals surface area contributed by atoms with E-state index in [1.165, 1.54) is 6.07 Å².